The van der Waals surface area contributed by atoms with E-state index in [1.807, 2.05) is 0 Å². The maximum atomic E-state index is 6.28. The minimum absolute atomic E-state index is 0.00133. The number of nitrogens with zero attached hydrogens (tertiary/aromatic N) is 1. The summed E-state index contributed by atoms with van der Waals surface area (Å²) in [6, 6.07) is 0.942. The molecule has 0 bridgehead atoms. The highest BCUT2D eigenvalue weighted by Gasteiger charge is 2.36. The molecule has 1 aliphatic carbocycles. The molecule has 94 valence electrons. The Morgan fingerprint density at radius 2 is 2.06 bits per heavy atom. The van der Waals surface area contributed by atoms with Gasteiger partial charge in [0.25, 0.3) is 0 Å². The molecule has 3 heteroatoms. The van der Waals surface area contributed by atoms with Gasteiger partial charge in [0.1, 0.15) is 0 Å². The predicted octanol–water partition coefficient (Wildman–Crippen LogP) is 1.61. The lowest BCUT2D eigenvalue weighted by atomic mass is 9.82. The Labute approximate surface area is 99.3 Å². The van der Waals surface area contributed by atoms with Crippen LogP contribution in [0.3, 0.4) is 0 Å². The Morgan fingerprint density at radius 3 is 2.75 bits per heavy atom. The van der Waals surface area contributed by atoms with Gasteiger partial charge in [0.2, 0.25) is 0 Å². The van der Waals surface area contributed by atoms with Crippen LogP contribution in [-0.2, 0) is 4.74 Å². The van der Waals surface area contributed by atoms with Crippen molar-refractivity contribution >= 4 is 0 Å². The lowest BCUT2D eigenvalue weighted by molar-refractivity contribution is -0.104. The molecular weight excluding hydrogens is 200 g/mol. The van der Waals surface area contributed by atoms with Crippen LogP contribution in [-0.4, -0.2) is 42.3 Å². The Balaban J connectivity index is 1.99. The second-order valence-electron chi connectivity index (χ2n) is 6.23. The topological polar surface area (TPSA) is 38.5 Å². The lowest BCUT2D eigenvalue weighted by Crippen LogP contribution is -2.58. The van der Waals surface area contributed by atoms with Gasteiger partial charge in [0.05, 0.1) is 12.2 Å². The Bertz CT molecular complexity index is 242. The van der Waals surface area contributed by atoms with Gasteiger partial charge in [0, 0.05) is 25.2 Å². The molecule has 0 aromatic carbocycles. The first-order valence-electron chi connectivity index (χ1n) is 6.61. The van der Waals surface area contributed by atoms with Crippen molar-refractivity contribution in [2.75, 3.05) is 19.7 Å². The van der Waals surface area contributed by atoms with Gasteiger partial charge in [-0.25, -0.2) is 0 Å². The molecule has 3 nitrogen and oxygen atoms in total. The molecule has 2 fully saturated rings. The van der Waals surface area contributed by atoms with Crippen molar-refractivity contribution in [2.24, 2.45) is 11.7 Å². The van der Waals surface area contributed by atoms with Crippen LogP contribution in [0.4, 0.5) is 0 Å². The van der Waals surface area contributed by atoms with Crippen LogP contribution in [0.15, 0.2) is 0 Å². The van der Waals surface area contributed by atoms with E-state index in [0.717, 1.165) is 25.6 Å². The van der Waals surface area contributed by atoms with E-state index >= 15 is 0 Å². The van der Waals surface area contributed by atoms with Crippen molar-refractivity contribution in [3.63, 3.8) is 0 Å². The van der Waals surface area contributed by atoms with Crippen molar-refractivity contribution in [1.82, 2.24) is 4.90 Å². The monoisotopic (exact) mass is 226 g/mol. The fraction of sp³-hybridized carbons (Fsp3) is 1.00. The molecule has 1 heterocycles. The molecule has 0 amide bonds. The average molecular weight is 226 g/mol. The van der Waals surface area contributed by atoms with Crippen molar-refractivity contribution < 1.29 is 4.74 Å². The van der Waals surface area contributed by atoms with Crippen LogP contribution >= 0.6 is 0 Å². The standard InChI is InChI=1S/C13H26N2O/c1-10-4-5-11(14)12(8-10)15-6-7-16-13(2,3)9-15/h10-12H,4-9,14H2,1-3H3. The Morgan fingerprint density at radius 1 is 1.31 bits per heavy atom. The summed E-state index contributed by atoms with van der Waals surface area (Å²) in [5.41, 5.74) is 6.28. The van der Waals surface area contributed by atoms with Crippen LogP contribution in [0, 0.1) is 5.92 Å². The van der Waals surface area contributed by atoms with Gasteiger partial charge in [-0.05, 0) is 39.0 Å². The van der Waals surface area contributed by atoms with E-state index in [9.17, 15) is 0 Å². The largest absolute Gasteiger partial charge is 0.373 e. The maximum absolute atomic E-state index is 6.28. The van der Waals surface area contributed by atoms with E-state index < -0.39 is 0 Å². The summed E-state index contributed by atoms with van der Waals surface area (Å²) in [5, 5.41) is 0. The van der Waals surface area contributed by atoms with E-state index in [0.29, 0.717) is 12.1 Å². The Kier molecular flexibility index (Phi) is 3.57. The summed E-state index contributed by atoms with van der Waals surface area (Å²) < 4.78 is 5.77. The van der Waals surface area contributed by atoms with E-state index in [1.54, 1.807) is 0 Å². The second-order valence-corrected chi connectivity index (χ2v) is 6.23. The van der Waals surface area contributed by atoms with Crippen LogP contribution in [0.1, 0.15) is 40.0 Å². The third-order valence-electron chi connectivity index (χ3n) is 4.06. The molecule has 3 unspecified atom stereocenters. The highest BCUT2D eigenvalue weighted by molar-refractivity contribution is 4.92. The first-order chi connectivity index (χ1) is 7.48. The lowest BCUT2D eigenvalue weighted by Gasteiger charge is -2.46. The van der Waals surface area contributed by atoms with Gasteiger partial charge in [-0.1, -0.05) is 6.92 Å². The minimum atomic E-state index is -0.00133. The molecule has 0 radical (unpaired) electrons. The molecule has 0 aromatic rings. The molecule has 1 aliphatic heterocycles. The van der Waals surface area contributed by atoms with Crippen LogP contribution in [0.25, 0.3) is 0 Å². The Hall–Kier alpha value is -0.120. The van der Waals surface area contributed by atoms with E-state index in [1.165, 1.54) is 19.3 Å². The normalized spacial score (nSPS) is 40.9. The summed E-state index contributed by atoms with van der Waals surface area (Å²) in [7, 11) is 0. The highest BCUT2D eigenvalue weighted by Crippen LogP contribution is 2.29. The summed E-state index contributed by atoms with van der Waals surface area (Å²) in [6.45, 7) is 9.63. The van der Waals surface area contributed by atoms with Crippen molar-refractivity contribution in [3.8, 4) is 0 Å². The molecule has 2 rings (SSSR count). The summed E-state index contributed by atoms with van der Waals surface area (Å²) in [5.74, 6) is 0.829. The van der Waals surface area contributed by atoms with Gasteiger partial charge in [-0.2, -0.15) is 0 Å². The number of hydrogen-bond donors (Lipinski definition) is 1. The van der Waals surface area contributed by atoms with Crippen molar-refractivity contribution in [2.45, 2.75) is 57.7 Å². The fourth-order valence-corrected chi connectivity index (χ4v) is 3.13. The van der Waals surface area contributed by atoms with E-state index in [4.69, 9.17) is 10.5 Å². The zero-order valence-corrected chi connectivity index (χ0v) is 10.9. The van der Waals surface area contributed by atoms with Gasteiger partial charge < -0.3 is 10.5 Å². The molecular formula is C13H26N2O. The summed E-state index contributed by atoms with van der Waals surface area (Å²) in [6.07, 6.45) is 3.74. The van der Waals surface area contributed by atoms with Crippen LogP contribution < -0.4 is 5.73 Å². The number of ether oxygens (including phenoxy) is 1. The quantitative estimate of drug-likeness (QED) is 0.738. The van der Waals surface area contributed by atoms with Gasteiger partial charge >= 0.3 is 0 Å². The molecule has 16 heavy (non-hydrogen) atoms. The van der Waals surface area contributed by atoms with Gasteiger partial charge in [0.15, 0.2) is 0 Å². The molecule has 3 atom stereocenters. The molecule has 2 N–H and O–H groups in total. The predicted molar refractivity (Wildman–Crippen MR) is 66.4 cm³/mol. The van der Waals surface area contributed by atoms with Gasteiger partial charge in [-0.3, -0.25) is 4.90 Å². The number of nitrogens with two attached hydrogens (primary N) is 1. The van der Waals surface area contributed by atoms with E-state index in [2.05, 4.69) is 25.7 Å². The molecule has 1 saturated carbocycles. The SMILES string of the molecule is CC1CCC(N)C(N2CCOC(C)(C)C2)C1. The smallest absolute Gasteiger partial charge is 0.0753 e. The van der Waals surface area contributed by atoms with Crippen LogP contribution in [0.2, 0.25) is 0 Å². The molecule has 0 spiro atoms. The highest BCUT2D eigenvalue weighted by atomic mass is 16.5. The maximum Gasteiger partial charge on any atom is 0.0753 e. The third-order valence-corrected chi connectivity index (χ3v) is 4.06. The zero-order valence-electron chi connectivity index (χ0n) is 10.9. The fourth-order valence-electron chi connectivity index (χ4n) is 3.13. The summed E-state index contributed by atoms with van der Waals surface area (Å²) in [4.78, 5) is 2.56. The van der Waals surface area contributed by atoms with Gasteiger partial charge in [-0.15, -0.1) is 0 Å². The number of rotatable bonds is 1. The minimum Gasteiger partial charge on any atom is -0.373 e. The first kappa shape index (κ1) is 12.3. The number of morpholine rings is 1. The molecule has 2 aliphatic rings. The molecule has 0 aromatic heterocycles. The van der Waals surface area contributed by atoms with Crippen molar-refractivity contribution in [1.29, 1.82) is 0 Å². The number of hydrogen-bond acceptors (Lipinski definition) is 3. The van der Waals surface area contributed by atoms with Crippen LogP contribution in [0.5, 0.6) is 0 Å². The van der Waals surface area contributed by atoms with Crippen molar-refractivity contribution in [3.05, 3.63) is 0 Å². The molecule has 1 saturated heterocycles. The third kappa shape index (κ3) is 2.76. The first-order valence-corrected chi connectivity index (χ1v) is 6.61. The summed E-state index contributed by atoms with van der Waals surface area (Å²) >= 11 is 0. The average Bonchev–Trinajstić information content (AvgIpc) is 2.20. The zero-order chi connectivity index (χ0) is 11.8. The second kappa shape index (κ2) is 4.63. The van der Waals surface area contributed by atoms with E-state index in [-0.39, 0.29) is 5.60 Å².